The van der Waals surface area contributed by atoms with Crippen LogP contribution < -0.4 is 0 Å². The van der Waals surface area contributed by atoms with E-state index in [4.69, 9.17) is 17.7 Å². The lowest BCUT2D eigenvalue weighted by molar-refractivity contribution is -0.0510. The van der Waals surface area contributed by atoms with Crippen molar-refractivity contribution in [2.24, 2.45) is 0 Å². The highest BCUT2D eigenvalue weighted by Gasteiger charge is 2.44. The van der Waals surface area contributed by atoms with Gasteiger partial charge in [-0.2, -0.15) is 21.6 Å². The van der Waals surface area contributed by atoms with E-state index >= 15 is 0 Å². The summed E-state index contributed by atoms with van der Waals surface area (Å²) in [5.41, 5.74) is -5.53. The first-order valence-corrected chi connectivity index (χ1v) is 6.70. The third-order valence-electron chi connectivity index (χ3n) is 1.86. The summed E-state index contributed by atoms with van der Waals surface area (Å²) in [6.07, 6.45) is 6.60. The van der Waals surface area contributed by atoms with Gasteiger partial charge in [0, 0.05) is 19.0 Å². The monoisotopic (exact) mass is 304 g/mol. The topological polar surface area (TPSA) is 81.4 Å². The first-order valence-electron chi connectivity index (χ1n) is 5.26. The SMILES string of the molecule is CCOC(CC)n1ccnc1.O=S(=O)(O)C(F)(F)F. The van der Waals surface area contributed by atoms with Gasteiger partial charge >= 0.3 is 15.6 Å². The second-order valence-electron chi connectivity index (χ2n) is 3.25. The zero-order valence-corrected chi connectivity index (χ0v) is 11.1. The van der Waals surface area contributed by atoms with E-state index in [1.165, 1.54) is 0 Å². The van der Waals surface area contributed by atoms with Crippen molar-refractivity contribution < 1.29 is 30.9 Å². The third-order valence-corrected chi connectivity index (χ3v) is 2.44. The summed E-state index contributed by atoms with van der Waals surface area (Å²) in [5.74, 6) is 0. The Balaban J connectivity index is 0.000000362. The van der Waals surface area contributed by atoms with Gasteiger partial charge in [0.25, 0.3) is 0 Å². The highest BCUT2D eigenvalue weighted by atomic mass is 32.2. The van der Waals surface area contributed by atoms with Crippen molar-refractivity contribution in [2.75, 3.05) is 6.61 Å². The minimum Gasteiger partial charge on any atom is -0.358 e. The Morgan fingerprint density at radius 2 is 1.95 bits per heavy atom. The first-order chi connectivity index (χ1) is 8.63. The van der Waals surface area contributed by atoms with Crippen LogP contribution in [0.2, 0.25) is 0 Å². The maximum absolute atomic E-state index is 10.7. The first kappa shape index (κ1) is 17.9. The maximum atomic E-state index is 10.7. The molecule has 0 aliphatic heterocycles. The molecule has 0 bridgehead atoms. The normalized spacial score (nSPS) is 13.6. The Hall–Kier alpha value is -1.13. The van der Waals surface area contributed by atoms with Crippen LogP contribution in [0.5, 0.6) is 0 Å². The second-order valence-corrected chi connectivity index (χ2v) is 4.66. The molecule has 112 valence electrons. The van der Waals surface area contributed by atoms with Crippen LogP contribution in [-0.4, -0.2) is 34.6 Å². The van der Waals surface area contributed by atoms with E-state index in [0.29, 0.717) is 0 Å². The molecule has 0 radical (unpaired) electrons. The van der Waals surface area contributed by atoms with Crippen LogP contribution in [0.15, 0.2) is 18.7 Å². The fraction of sp³-hybridized carbons (Fsp3) is 0.667. The third kappa shape index (κ3) is 6.55. The van der Waals surface area contributed by atoms with Gasteiger partial charge < -0.3 is 9.30 Å². The largest absolute Gasteiger partial charge is 0.522 e. The predicted molar refractivity (Wildman–Crippen MR) is 60.8 cm³/mol. The van der Waals surface area contributed by atoms with E-state index in [1.54, 1.807) is 12.5 Å². The summed E-state index contributed by atoms with van der Waals surface area (Å²) < 4.78 is 65.0. The smallest absolute Gasteiger partial charge is 0.358 e. The highest BCUT2D eigenvalue weighted by molar-refractivity contribution is 7.86. The van der Waals surface area contributed by atoms with E-state index in [0.717, 1.165) is 13.0 Å². The molecule has 0 spiro atoms. The van der Waals surface area contributed by atoms with Gasteiger partial charge in [-0.3, -0.25) is 4.55 Å². The minimum absolute atomic E-state index is 0.155. The average Bonchev–Trinajstić information content (AvgIpc) is 2.77. The molecular weight excluding hydrogens is 289 g/mol. The van der Waals surface area contributed by atoms with Crippen LogP contribution in [0, 0.1) is 0 Å². The van der Waals surface area contributed by atoms with Crippen molar-refractivity contribution in [3.63, 3.8) is 0 Å². The molecule has 10 heteroatoms. The van der Waals surface area contributed by atoms with Gasteiger partial charge in [0.1, 0.15) is 6.23 Å². The van der Waals surface area contributed by atoms with Crippen molar-refractivity contribution in [2.45, 2.75) is 32.0 Å². The standard InChI is InChI=1S/C8H14N2O.CHF3O3S/c1-3-8(11-4-2)10-6-5-9-7-10;2-1(3,4)8(5,6)7/h5-8H,3-4H2,1-2H3;(H,5,6,7). The summed E-state index contributed by atoms with van der Waals surface area (Å²) in [4.78, 5) is 3.96. The van der Waals surface area contributed by atoms with Crippen LogP contribution in [0.4, 0.5) is 13.2 Å². The molecule has 1 N–H and O–H groups in total. The number of alkyl halides is 3. The Morgan fingerprint density at radius 3 is 2.21 bits per heavy atom. The van der Waals surface area contributed by atoms with Gasteiger partial charge in [0.15, 0.2) is 0 Å². The van der Waals surface area contributed by atoms with Crippen LogP contribution in [0.3, 0.4) is 0 Å². The lowest BCUT2D eigenvalue weighted by Gasteiger charge is -2.15. The van der Waals surface area contributed by atoms with Gasteiger partial charge in [0.05, 0.1) is 6.33 Å². The van der Waals surface area contributed by atoms with Crippen LogP contribution in [-0.2, 0) is 14.9 Å². The fourth-order valence-electron chi connectivity index (χ4n) is 1.05. The Kier molecular flexibility index (Phi) is 7.01. The van der Waals surface area contributed by atoms with E-state index in [2.05, 4.69) is 11.9 Å². The number of halogens is 3. The molecule has 1 atom stereocenters. The molecule has 0 aliphatic carbocycles. The molecule has 0 saturated carbocycles. The summed E-state index contributed by atoms with van der Waals surface area (Å²) in [7, 11) is -5.84. The van der Waals surface area contributed by atoms with Crippen molar-refractivity contribution in [1.29, 1.82) is 0 Å². The lowest BCUT2D eigenvalue weighted by atomic mass is 10.4. The molecule has 0 fully saturated rings. The second kappa shape index (κ2) is 7.46. The summed E-state index contributed by atoms with van der Waals surface area (Å²) in [6, 6.07) is 0. The Labute approximate surface area is 109 Å². The Morgan fingerprint density at radius 1 is 1.42 bits per heavy atom. The van der Waals surface area contributed by atoms with Crippen molar-refractivity contribution >= 4 is 10.1 Å². The van der Waals surface area contributed by atoms with Crippen LogP contribution in [0.1, 0.15) is 26.5 Å². The average molecular weight is 304 g/mol. The quantitative estimate of drug-likeness (QED) is 0.681. The molecule has 1 rings (SSSR count). The zero-order valence-electron chi connectivity index (χ0n) is 10.3. The number of rotatable bonds is 4. The van der Waals surface area contributed by atoms with E-state index in [-0.39, 0.29) is 6.23 Å². The highest BCUT2D eigenvalue weighted by Crippen LogP contribution is 2.20. The maximum Gasteiger partial charge on any atom is 0.522 e. The number of aromatic nitrogens is 2. The van der Waals surface area contributed by atoms with E-state index in [1.807, 2.05) is 17.7 Å². The molecule has 6 nitrogen and oxygen atoms in total. The van der Waals surface area contributed by atoms with Gasteiger partial charge in [-0.15, -0.1) is 0 Å². The van der Waals surface area contributed by atoms with Crippen molar-refractivity contribution in [3.05, 3.63) is 18.7 Å². The van der Waals surface area contributed by atoms with Gasteiger partial charge in [-0.05, 0) is 13.3 Å². The number of imidazole rings is 1. The molecule has 1 unspecified atom stereocenters. The number of hydrogen-bond donors (Lipinski definition) is 1. The molecule has 0 amide bonds. The minimum atomic E-state index is -5.84. The molecule has 0 aliphatic rings. The summed E-state index contributed by atoms with van der Waals surface area (Å²) >= 11 is 0. The molecule has 0 aromatic carbocycles. The molecule has 1 aromatic heterocycles. The fourth-order valence-corrected chi connectivity index (χ4v) is 1.05. The van der Waals surface area contributed by atoms with Crippen LogP contribution in [0.25, 0.3) is 0 Å². The number of hydrogen-bond acceptors (Lipinski definition) is 4. The summed E-state index contributed by atoms with van der Waals surface area (Å²) in [6.45, 7) is 4.84. The van der Waals surface area contributed by atoms with Crippen LogP contribution >= 0.6 is 0 Å². The van der Waals surface area contributed by atoms with E-state index in [9.17, 15) is 13.2 Å². The predicted octanol–water partition coefficient (Wildman–Crippen LogP) is 2.22. The molecule has 0 saturated heterocycles. The summed E-state index contributed by atoms with van der Waals surface area (Å²) in [5, 5.41) is 0. The zero-order chi connectivity index (χ0) is 15.1. The molecule has 1 aromatic rings. The van der Waals surface area contributed by atoms with Crippen molar-refractivity contribution in [1.82, 2.24) is 9.55 Å². The molecule has 19 heavy (non-hydrogen) atoms. The van der Waals surface area contributed by atoms with Crippen molar-refractivity contribution in [3.8, 4) is 0 Å². The Bertz CT molecular complexity index is 445. The van der Waals surface area contributed by atoms with Gasteiger partial charge in [0.2, 0.25) is 0 Å². The van der Waals surface area contributed by atoms with E-state index < -0.39 is 15.6 Å². The molecular formula is C9H15F3N2O4S. The molecule has 1 heterocycles. The van der Waals surface area contributed by atoms with Gasteiger partial charge in [-0.25, -0.2) is 4.98 Å². The number of nitrogens with zero attached hydrogens (tertiary/aromatic N) is 2. The van der Waals surface area contributed by atoms with Gasteiger partial charge in [-0.1, -0.05) is 6.92 Å². The lowest BCUT2D eigenvalue weighted by Crippen LogP contribution is -2.21. The number of ether oxygens (including phenoxy) is 1.